The molecule has 1 saturated heterocycles. The standard InChI is InChI=1S/C15H21NO3/c1-11-4-5-13(8-12(11)2)16-7-3-6-15(19,10-16)9-14(17)18/h4-5,8,19H,3,6-7,9-10H2,1-2H3,(H,17,18). The third kappa shape index (κ3) is 3.26. The molecular formula is C15H21NO3. The lowest BCUT2D eigenvalue weighted by Crippen LogP contribution is -2.49. The molecule has 1 fully saturated rings. The maximum absolute atomic E-state index is 10.8. The van der Waals surface area contributed by atoms with Gasteiger partial charge in [0.05, 0.1) is 12.0 Å². The first-order valence-electron chi connectivity index (χ1n) is 6.66. The Morgan fingerprint density at radius 1 is 1.37 bits per heavy atom. The van der Waals surface area contributed by atoms with Gasteiger partial charge in [-0.05, 0) is 49.9 Å². The molecule has 4 nitrogen and oxygen atoms in total. The van der Waals surface area contributed by atoms with Gasteiger partial charge in [-0.2, -0.15) is 0 Å². The highest BCUT2D eigenvalue weighted by atomic mass is 16.4. The number of carboxylic acid groups (broad SMARTS) is 1. The SMILES string of the molecule is Cc1ccc(N2CCCC(O)(CC(=O)O)C2)cc1C. The lowest BCUT2D eigenvalue weighted by atomic mass is 9.89. The van der Waals surface area contributed by atoms with Gasteiger partial charge in [-0.15, -0.1) is 0 Å². The van der Waals surface area contributed by atoms with E-state index < -0.39 is 11.6 Å². The van der Waals surface area contributed by atoms with E-state index in [4.69, 9.17) is 5.11 Å². The van der Waals surface area contributed by atoms with Crippen molar-refractivity contribution in [3.05, 3.63) is 29.3 Å². The first kappa shape index (κ1) is 13.9. The second kappa shape index (κ2) is 5.21. The van der Waals surface area contributed by atoms with Gasteiger partial charge in [0.2, 0.25) is 0 Å². The fraction of sp³-hybridized carbons (Fsp3) is 0.533. The van der Waals surface area contributed by atoms with Gasteiger partial charge in [0.25, 0.3) is 0 Å². The highest BCUT2D eigenvalue weighted by Crippen LogP contribution is 2.29. The summed E-state index contributed by atoms with van der Waals surface area (Å²) in [4.78, 5) is 12.9. The van der Waals surface area contributed by atoms with Crippen molar-refractivity contribution in [2.45, 2.75) is 38.7 Å². The molecule has 0 aromatic heterocycles. The number of carboxylic acids is 1. The molecule has 1 aliphatic rings. The number of hydrogen-bond donors (Lipinski definition) is 2. The maximum Gasteiger partial charge on any atom is 0.306 e. The Bertz CT molecular complexity index is 486. The molecule has 1 aromatic rings. The zero-order valence-corrected chi connectivity index (χ0v) is 11.5. The number of hydrogen-bond acceptors (Lipinski definition) is 3. The molecule has 1 heterocycles. The smallest absolute Gasteiger partial charge is 0.306 e. The normalized spacial score (nSPS) is 23.4. The lowest BCUT2D eigenvalue weighted by molar-refractivity contribution is -0.142. The number of benzene rings is 1. The number of β-amino-alcohol motifs (C(OH)–C–C–N with tert-alkyl or cyclic N) is 1. The van der Waals surface area contributed by atoms with Crippen LogP contribution in [0, 0.1) is 13.8 Å². The van der Waals surface area contributed by atoms with Crippen LogP contribution in [-0.4, -0.2) is 34.9 Å². The summed E-state index contributed by atoms with van der Waals surface area (Å²) in [6, 6.07) is 6.20. The van der Waals surface area contributed by atoms with Crippen molar-refractivity contribution in [1.29, 1.82) is 0 Å². The topological polar surface area (TPSA) is 60.8 Å². The third-order valence-corrected chi connectivity index (χ3v) is 3.89. The minimum absolute atomic E-state index is 0.186. The highest BCUT2D eigenvalue weighted by Gasteiger charge is 2.35. The first-order chi connectivity index (χ1) is 8.89. The van der Waals surface area contributed by atoms with Gasteiger partial charge >= 0.3 is 5.97 Å². The van der Waals surface area contributed by atoms with Crippen molar-refractivity contribution in [1.82, 2.24) is 0 Å². The van der Waals surface area contributed by atoms with Crippen molar-refractivity contribution in [2.24, 2.45) is 0 Å². The average Bonchev–Trinajstić information content (AvgIpc) is 2.31. The molecule has 0 aliphatic carbocycles. The van der Waals surface area contributed by atoms with Crippen LogP contribution >= 0.6 is 0 Å². The van der Waals surface area contributed by atoms with Gasteiger partial charge in [0.15, 0.2) is 0 Å². The van der Waals surface area contributed by atoms with Gasteiger partial charge in [-0.25, -0.2) is 0 Å². The Balaban J connectivity index is 2.16. The Labute approximate surface area is 113 Å². The molecular weight excluding hydrogens is 242 g/mol. The van der Waals surface area contributed by atoms with Crippen LogP contribution in [0.5, 0.6) is 0 Å². The van der Waals surface area contributed by atoms with Crippen molar-refractivity contribution in [2.75, 3.05) is 18.0 Å². The Hall–Kier alpha value is -1.55. The van der Waals surface area contributed by atoms with Crippen molar-refractivity contribution < 1.29 is 15.0 Å². The fourth-order valence-electron chi connectivity index (χ4n) is 2.68. The van der Waals surface area contributed by atoms with Crippen LogP contribution in [0.4, 0.5) is 5.69 Å². The van der Waals surface area contributed by atoms with Gasteiger partial charge in [-0.1, -0.05) is 6.07 Å². The third-order valence-electron chi connectivity index (χ3n) is 3.89. The second-order valence-electron chi connectivity index (χ2n) is 5.59. The molecule has 1 aromatic carbocycles. The molecule has 0 bridgehead atoms. The van der Waals surface area contributed by atoms with Crippen LogP contribution < -0.4 is 4.90 Å². The summed E-state index contributed by atoms with van der Waals surface area (Å²) in [5.41, 5.74) is 2.40. The molecule has 0 radical (unpaired) electrons. The van der Waals surface area contributed by atoms with E-state index in [0.29, 0.717) is 13.0 Å². The van der Waals surface area contributed by atoms with Gasteiger partial charge in [0, 0.05) is 18.8 Å². The van der Waals surface area contributed by atoms with E-state index in [0.717, 1.165) is 18.7 Å². The summed E-state index contributed by atoms with van der Waals surface area (Å²) in [6.45, 7) is 5.38. The van der Waals surface area contributed by atoms with Gasteiger partial charge in [0.1, 0.15) is 0 Å². The summed E-state index contributed by atoms with van der Waals surface area (Å²) in [6.07, 6.45) is 1.19. The zero-order chi connectivity index (χ0) is 14.0. The predicted octanol–water partition coefficient (Wildman–Crippen LogP) is 2.11. The molecule has 2 rings (SSSR count). The van der Waals surface area contributed by atoms with Crippen LogP contribution in [0.3, 0.4) is 0 Å². The minimum atomic E-state index is -1.11. The number of carbonyl (C=O) groups is 1. The van der Waals surface area contributed by atoms with Crippen LogP contribution in [0.2, 0.25) is 0 Å². The van der Waals surface area contributed by atoms with Crippen LogP contribution in [0.15, 0.2) is 18.2 Å². The molecule has 1 atom stereocenters. The second-order valence-corrected chi connectivity index (χ2v) is 5.59. The number of rotatable bonds is 3. The van der Waals surface area contributed by atoms with E-state index in [2.05, 4.69) is 30.9 Å². The summed E-state index contributed by atoms with van der Waals surface area (Å²) in [7, 11) is 0. The quantitative estimate of drug-likeness (QED) is 0.877. The highest BCUT2D eigenvalue weighted by molar-refractivity contribution is 5.68. The van der Waals surface area contributed by atoms with E-state index in [9.17, 15) is 9.90 Å². The van der Waals surface area contributed by atoms with Gasteiger partial charge < -0.3 is 15.1 Å². The maximum atomic E-state index is 10.8. The van der Waals surface area contributed by atoms with E-state index in [1.54, 1.807) is 0 Å². The fourth-order valence-corrected chi connectivity index (χ4v) is 2.68. The molecule has 0 amide bonds. The molecule has 19 heavy (non-hydrogen) atoms. The minimum Gasteiger partial charge on any atom is -0.481 e. The zero-order valence-electron chi connectivity index (χ0n) is 11.5. The molecule has 1 aliphatic heterocycles. The van der Waals surface area contributed by atoms with E-state index in [1.165, 1.54) is 11.1 Å². The van der Waals surface area contributed by atoms with Crippen molar-refractivity contribution in [3.8, 4) is 0 Å². The van der Waals surface area contributed by atoms with E-state index in [1.807, 2.05) is 6.07 Å². The Morgan fingerprint density at radius 2 is 2.11 bits per heavy atom. The Morgan fingerprint density at radius 3 is 2.74 bits per heavy atom. The summed E-state index contributed by atoms with van der Waals surface area (Å²) >= 11 is 0. The number of aryl methyl sites for hydroxylation is 2. The number of aliphatic hydroxyl groups is 1. The van der Waals surface area contributed by atoms with Crippen LogP contribution in [-0.2, 0) is 4.79 Å². The van der Waals surface area contributed by atoms with Gasteiger partial charge in [-0.3, -0.25) is 4.79 Å². The van der Waals surface area contributed by atoms with Crippen molar-refractivity contribution >= 4 is 11.7 Å². The summed E-state index contributed by atoms with van der Waals surface area (Å²) in [5.74, 6) is -0.940. The summed E-state index contributed by atoms with van der Waals surface area (Å²) in [5, 5.41) is 19.3. The molecule has 104 valence electrons. The Kier molecular flexibility index (Phi) is 3.80. The molecule has 0 saturated carbocycles. The van der Waals surface area contributed by atoms with Crippen molar-refractivity contribution in [3.63, 3.8) is 0 Å². The van der Waals surface area contributed by atoms with E-state index in [-0.39, 0.29) is 6.42 Å². The number of nitrogens with zero attached hydrogens (tertiary/aromatic N) is 1. The van der Waals surface area contributed by atoms with Crippen LogP contribution in [0.1, 0.15) is 30.4 Å². The number of aliphatic carboxylic acids is 1. The van der Waals surface area contributed by atoms with Crippen LogP contribution in [0.25, 0.3) is 0 Å². The molecule has 2 N–H and O–H groups in total. The lowest BCUT2D eigenvalue weighted by Gasteiger charge is -2.39. The molecule has 1 unspecified atom stereocenters. The monoisotopic (exact) mass is 263 g/mol. The number of piperidine rings is 1. The number of anilines is 1. The first-order valence-corrected chi connectivity index (χ1v) is 6.66. The molecule has 4 heteroatoms. The summed E-state index contributed by atoms with van der Waals surface area (Å²) < 4.78 is 0. The van der Waals surface area contributed by atoms with E-state index >= 15 is 0 Å². The largest absolute Gasteiger partial charge is 0.481 e. The predicted molar refractivity (Wildman–Crippen MR) is 74.6 cm³/mol. The average molecular weight is 263 g/mol. The molecule has 0 spiro atoms.